The normalized spacial score (nSPS) is 15.0. The van der Waals surface area contributed by atoms with E-state index in [1.807, 2.05) is 35.3 Å². The van der Waals surface area contributed by atoms with E-state index in [0.717, 1.165) is 31.4 Å². The number of anilines is 1. The first-order valence-corrected chi connectivity index (χ1v) is 6.87. The van der Waals surface area contributed by atoms with E-state index in [9.17, 15) is 0 Å². The first-order valence-electron chi connectivity index (χ1n) is 6.87. The van der Waals surface area contributed by atoms with Gasteiger partial charge in [-0.1, -0.05) is 12.1 Å². The summed E-state index contributed by atoms with van der Waals surface area (Å²) in [7, 11) is 0. The Morgan fingerprint density at radius 1 is 1.26 bits per heavy atom. The van der Waals surface area contributed by atoms with Gasteiger partial charge in [0.05, 0.1) is 6.54 Å². The number of nitrogens with two attached hydrogens (primary N) is 1. The Kier molecular flexibility index (Phi) is 3.51. The quantitative estimate of drug-likeness (QED) is 0.805. The summed E-state index contributed by atoms with van der Waals surface area (Å²) in [4.78, 5) is 2.55. The van der Waals surface area contributed by atoms with Crippen molar-refractivity contribution < 1.29 is 0 Å². The van der Waals surface area contributed by atoms with Crippen LogP contribution in [0.2, 0.25) is 0 Å². The van der Waals surface area contributed by atoms with Crippen LogP contribution < -0.4 is 5.73 Å². The van der Waals surface area contributed by atoms with Gasteiger partial charge in [-0.15, -0.1) is 0 Å². The van der Waals surface area contributed by atoms with Crippen LogP contribution >= 0.6 is 0 Å². The van der Waals surface area contributed by atoms with Crippen molar-refractivity contribution in [1.29, 1.82) is 0 Å². The molecule has 4 nitrogen and oxygen atoms in total. The zero-order chi connectivity index (χ0) is 13.1. The smallest absolute Gasteiger partial charge is 0.0536 e. The lowest BCUT2D eigenvalue weighted by molar-refractivity contribution is 0.240. The van der Waals surface area contributed by atoms with Gasteiger partial charge < -0.3 is 5.73 Å². The van der Waals surface area contributed by atoms with E-state index >= 15 is 0 Å². The molecule has 0 saturated heterocycles. The third-order valence-electron chi connectivity index (χ3n) is 3.60. The van der Waals surface area contributed by atoms with E-state index < -0.39 is 0 Å². The van der Waals surface area contributed by atoms with Gasteiger partial charge in [0.25, 0.3) is 0 Å². The standard InChI is InChI=1S/C15H20N4/c16-14-4-2-13(3-5-14)12-18(15-6-7-15)10-11-19-9-1-8-17-19/h1-5,8-9,15H,6-7,10-12,16H2. The van der Waals surface area contributed by atoms with Gasteiger partial charge in [0.1, 0.15) is 0 Å². The minimum atomic E-state index is 0.758. The van der Waals surface area contributed by atoms with Gasteiger partial charge >= 0.3 is 0 Å². The summed E-state index contributed by atoms with van der Waals surface area (Å²) in [5, 5.41) is 4.26. The summed E-state index contributed by atoms with van der Waals surface area (Å²) in [6.07, 6.45) is 6.51. The second-order valence-electron chi connectivity index (χ2n) is 5.21. The Hall–Kier alpha value is -1.81. The molecule has 0 atom stereocenters. The Labute approximate surface area is 113 Å². The summed E-state index contributed by atoms with van der Waals surface area (Å²) in [6.45, 7) is 3.02. The van der Waals surface area contributed by atoms with Gasteiger partial charge in [0, 0.05) is 37.2 Å². The molecule has 4 heteroatoms. The van der Waals surface area contributed by atoms with Crippen LogP contribution in [-0.2, 0) is 13.1 Å². The first kappa shape index (κ1) is 12.2. The number of hydrogen-bond acceptors (Lipinski definition) is 3. The zero-order valence-corrected chi connectivity index (χ0v) is 11.1. The van der Waals surface area contributed by atoms with Gasteiger partial charge in [-0.05, 0) is 36.6 Å². The number of nitrogens with zero attached hydrogens (tertiary/aromatic N) is 3. The Morgan fingerprint density at radius 3 is 2.68 bits per heavy atom. The Bertz CT molecular complexity index is 499. The fraction of sp³-hybridized carbons (Fsp3) is 0.400. The molecule has 19 heavy (non-hydrogen) atoms. The highest BCUT2D eigenvalue weighted by Crippen LogP contribution is 2.28. The predicted octanol–water partition coefficient (Wildman–Crippen LogP) is 2.13. The summed E-state index contributed by atoms with van der Waals surface area (Å²) >= 11 is 0. The van der Waals surface area contributed by atoms with Crippen LogP contribution in [0.15, 0.2) is 42.7 Å². The van der Waals surface area contributed by atoms with Crippen LogP contribution in [0.3, 0.4) is 0 Å². The number of hydrogen-bond donors (Lipinski definition) is 1. The highest BCUT2D eigenvalue weighted by atomic mass is 15.3. The predicted molar refractivity (Wildman–Crippen MR) is 76.5 cm³/mol. The topological polar surface area (TPSA) is 47.1 Å². The molecule has 0 unspecified atom stereocenters. The second-order valence-corrected chi connectivity index (χ2v) is 5.21. The highest BCUT2D eigenvalue weighted by molar-refractivity contribution is 5.39. The fourth-order valence-electron chi connectivity index (χ4n) is 2.35. The van der Waals surface area contributed by atoms with Gasteiger partial charge in [-0.25, -0.2) is 0 Å². The monoisotopic (exact) mass is 256 g/mol. The first-order chi connectivity index (χ1) is 9.31. The Balaban J connectivity index is 1.59. The summed E-state index contributed by atoms with van der Waals surface area (Å²) in [5.41, 5.74) is 7.89. The van der Waals surface area contributed by atoms with Crippen LogP contribution in [0.1, 0.15) is 18.4 Å². The maximum absolute atomic E-state index is 5.73. The lowest BCUT2D eigenvalue weighted by Crippen LogP contribution is -2.29. The molecule has 1 saturated carbocycles. The van der Waals surface area contributed by atoms with Crippen molar-refractivity contribution in [2.24, 2.45) is 0 Å². The molecule has 1 fully saturated rings. The lowest BCUT2D eigenvalue weighted by atomic mass is 10.2. The largest absolute Gasteiger partial charge is 0.399 e. The van der Waals surface area contributed by atoms with Crippen LogP contribution in [0.25, 0.3) is 0 Å². The van der Waals surface area contributed by atoms with E-state index in [1.54, 1.807) is 0 Å². The third-order valence-corrected chi connectivity index (χ3v) is 3.60. The molecule has 0 radical (unpaired) electrons. The van der Waals surface area contributed by atoms with Gasteiger partial charge in [-0.3, -0.25) is 9.58 Å². The van der Waals surface area contributed by atoms with Gasteiger partial charge in [-0.2, -0.15) is 5.10 Å². The van der Waals surface area contributed by atoms with E-state index in [4.69, 9.17) is 5.73 Å². The molecule has 2 N–H and O–H groups in total. The molecule has 100 valence electrons. The number of aromatic nitrogens is 2. The van der Waals surface area contributed by atoms with Crippen molar-refractivity contribution in [3.05, 3.63) is 48.3 Å². The van der Waals surface area contributed by atoms with E-state index in [-0.39, 0.29) is 0 Å². The van der Waals surface area contributed by atoms with Crippen molar-refractivity contribution in [3.8, 4) is 0 Å². The fourth-order valence-corrected chi connectivity index (χ4v) is 2.35. The molecule has 1 aromatic carbocycles. The molecule has 0 amide bonds. The average molecular weight is 256 g/mol. The molecular formula is C15H20N4. The van der Waals surface area contributed by atoms with Gasteiger partial charge in [0.15, 0.2) is 0 Å². The second kappa shape index (κ2) is 5.45. The van der Waals surface area contributed by atoms with Crippen molar-refractivity contribution in [2.45, 2.75) is 32.0 Å². The molecule has 3 rings (SSSR count). The Morgan fingerprint density at radius 2 is 2.05 bits per heavy atom. The number of rotatable bonds is 6. The molecule has 1 aromatic heterocycles. The minimum Gasteiger partial charge on any atom is -0.399 e. The molecule has 2 aromatic rings. The zero-order valence-electron chi connectivity index (χ0n) is 11.1. The van der Waals surface area contributed by atoms with Crippen LogP contribution in [0.5, 0.6) is 0 Å². The number of nitrogen functional groups attached to an aromatic ring is 1. The average Bonchev–Trinajstić information content (AvgIpc) is 3.13. The maximum atomic E-state index is 5.73. The molecular weight excluding hydrogens is 236 g/mol. The molecule has 1 aliphatic rings. The van der Waals surface area contributed by atoms with Crippen LogP contribution in [-0.4, -0.2) is 27.3 Å². The summed E-state index contributed by atoms with van der Waals surface area (Å²) in [5.74, 6) is 0. The molecule has 0 aliphatic heterocycles. The van der Waals surface area contributed by atoms with E-state index in [1.165, 1.54) is 18.4 Å². The summed E-state index contributed by atoms with van der Waals surface area (Å²) in [6, 6.07) is 10.9. The summed E-state index contributed by atoms with van der Waals surface area (Å²) < 4.78 is 2.00. The number of benzene rings is 1. The van der Waals surface area contributed by atoms with Crippen molar-refractivity contribution in [3.63, 3.8) is 0 Å². The molecule has 1 heterocycles. The highest BCUT2D eigenvalue weighted by Gasteiger charge is 2.28. The van der Waals surface area contributed by atoms with Crippen LogP contribution in [0, 0.1) is 0 Å². The van der Waals surface area contributed by atoms with E-state index in [2.05, 4.69) is 22.1 Å². The molecule has 0 bridgehead atoms. The lowest BCUT2D eigenvalue weighted by Gasteiger charge is -2.22. The molecule has 1 aliphatic carbocycles. The van der Waals surface area contributed by atoms with Crippen LogP contribution in [0.4, 0.5) is 5.69 Å². The maximum Gasteiger partial charge on any atom is 0.0536 e. The van der Waals surface area contributed by atoms with Gasteiger partial charge in [0.2, 0.25) is 0 Å². The minimum absolute atomic E-state index is 0.758. The van der Waals surface area contributed by atoms with Crippen molar-refractivity contribution in [2.75, 3.05) is 12.3 Å². The SMILES string of the molecule is Nc1ccc(CN(CCn2cccn2)C2CC2)cc1. The molecule has 0 spiro atoms. The van der Waals surface area contributed by atoms with Crippen molar-refractivity contribution in [1.82, 2.24) is 14.7 Å². The van der Waals surface area contributed by atoms with Crippen molar-refractivity contribution >= 4 is 5.69 Å². The van der Waals surface area contributed by atoms with E-state index in [0.29, 0.717) is 0 Å². The third kappa shape index (κ3) is 3.35.